The zero-order valence-corrected chi connectivity index (χ0v) is 34.1. The normalized spacial score (nSPS) is 38.7. The highest BCUT2D eigenvalue weighted by molar-refractivity contribution is 5.69. The van der Waals surface area contributed by atoms with Gasteiger partial charge in [-0.15, -0.1) is 0 Å². The molecule has 0 aromatic rings. The number of allylic oxidation sites excluding steroid dienone is 5. The fourth-order valence-corrected chi connectivity index (χ4v) is 13.4. The van der Waals surface area contributed by atoms with Crippen molar-refractivity contribution in [2.24, 2.45) is 57.2 Å². The molecule has 2 spiro atoms. The number of carbonyl (C=O) groups is 1. The van der Waals surface area contributed by atoms with E-state index in [9.17, 15) is 4.79 Å². The van der Waals surface area contributed by atoms with Crippen molar-refractivity contribution in [3.8, 4) is 0 Å². The Bertz CT molecular complexity index is 1180. The van der Waals surface area contributed by atoms with E-state index in [0.29, 0.717) is 39.9 Å². The number of esters is 1. The number of carbonyl (C=O) groups excluding carboxylic acids is 1. The molecule has 0 saturated heterocycles. The van der Waals surface area contributed by atoms with Crippen molar-refractivity contribution in [1.82, 2.24) is 0 Å². The maximum Gasteiger partial charge on any atom is 0.306 e. The van der Waals surface area contributed by atoms with Crippen LogP contribution in [0.25, 0.3) is 0 Å². The standard InChI is InChI=1S/C48H80O2/c1-9-10-11-12-13-14-15-16-17-18-19-20-21-22-23-24-44(49)50-42-30-32-47-35-48(47)34-33-45(7)40(38(5)26-25-37(4)36(2)3)29-31-46(45,8)43(48)28-27-41(47)39(42)6/h13-14,16-17,37-43H,2,9-12,15,18-35H2,1,3-8H3. The molecule has 0 aromatic carbocycles. The first-order valence-corrected chi connectivity index (χ1v) is 22.1. The van der Waals surface area contributed by atoms with E-state index in [4.69, 9.17) is 4.74 Å². The van der Waals surface area contributed by atoms with Crippen LogP contribution in [0, 0.1) is 57.2 Å². The molecule has 5 rings (SSSR count). The average molecular weight is 689 g/mol. The van der Waals surface area contributed by atoms with E-state index in [1.54, 1.807) is 0 Å². The molecule has 284 valence electrons. The molecule has 5 aliphatic rings. The summed E-state index contributed by atoms with van der Waals surface area (Å²) in [6, 6.07) is 0. The summed E-state index contributed by atoms with van der Waals surface area (Å²) in [6.07, 6.45) is 38.6. The van der Waals surface area contributed by atoms with Gasteiger partial charge in [-0.3, -0.25) is 4.79 Å². The van der Waals surface area contributed by atoms with Crippen molar-refractivity contribution in [1.29, 1.82) is 0 Å². The first kappa shape index (κ1) is 39.9. The second-order valence-electron chi connectivity index (χ2n) is 19.4. The molecule has 50 heavy (non-hydrogen) atoms. The molecule has 5 aliphatic carbocycles. The van der Waals surface area contributed by atoms with Gasteiger partial charge in [0.05, 0.1) is 0 Å². The molecule has 0 aromatic heterocycles. The molecule has 5 saturated carbocycles. The molecular formula is C48H80O2. The molecular weight excluding hydrogens is 609 g/mol. The van der Waals surface area contributed by atoms with Crippen LogP contribution < -0.4 is 0 Å². The molecule has 0 N–H and O–H groups in total. The van der Waals surface area contributed by atoms with E-state index in [1.807, 2.05) is 0 Å². The minimum Gasteiger partial charge on any atom is -0.462 e. The molecule has 2 nitrogen and oxygen atoms in total. The van der Waals surface area contributed by atoms with Crippen molar-refractivity contribution < 1.29 is 9.53 Å². The number of unbranched alkanes of at least 4 members (excludes halogenated alkanes) is 8. The summed E-state index contributed by atoms with van der Waals surface area (Å²) in [5, 5.41) is 0. The highest BCUT2D eigenvalue weighted by Crippen LogP contribution is 2.88. The first-order chi connectivity index (χ1) is 24.0. The smallest absolute Gasteiger partial charge is 0.306 e. The summed E-state index contributed by atoms with van der Waals surface area (Å²) in [5.74, 6) is 4.60. The third kappa shape index (κ3) is 7.96. The Kier molecular flexibility index (Phi) is 13.7. The molecule has 0 heterocycles. The van der Waals surface area contributed by atoms with E-state index >= 15 is 0 Å². The molecule has 0 bridgehead atoms. The summed E-state index contributed by atoms with van der Waals surface area (Å²) >= 11 is 0. The lowest BCUT2D eigenvalue weighted by Crippen LogP contribution is -2.56. The highest BCUT2D eigenvalue weighted by atomic mass is 16.5. The van der Waals surface area contributed by atoms with Gasteiger partial charge in [0.1, 0.15) is 6.10 Å². The fourth-order valence-electron chi connectivity index (χ4n) is 13.4. The van der Waals surface area contributed by atoms with Crippen LogP contribution in [0.15, 0.2) is 36.5 Å². The van der Waals surface area contributed by atoms with Crippen molar-refractivity contribution in [3.05, 3.63) is 36.5 Å². The Hall–Kier alpha value is -1.31. The van der Waals surface area contributed by atoms with Crippen LogP contribution in [0.3, 0.4) is 0 Å². The van der Waals surface area contributed by atoms with Crippen LogP contribution in [0.5, 0.6) is 0 Å². The van der Waals surface area contributed by atoms with Crippen molar-refractivity contribution in [3.63, 3.8) is 0 Å². The van der Waals surface area contributed by atoms with Gasteiger partial charge in [-0.2, -0.15) is 0 Å². The minimum absolute atomic E-state index is 0.0763. The Morgan fingerprint density at radius 3 is 2.22 bits per heavy atom. The summed E-state index contributed by atoms with van der Waals surface area (Å²) in [7, 11) is 0. The van der Waals surface area contributed by atoms with Crippen LogP contribution in [0.2, 0.25) is 0 Å². The second kappa shape index (κ2) is 17.2. The van der Waals surface area contributed by atoms with Crippen molar-refractivity contribution in [2.75, 3.05) is 0 Å². The highest BCUT2D eigenvalue weighted by Gasteiger charge is 2.81. The number of rotatable bonds is 20. The van der Waals surface area contributed by atoms with Crippen molar-refractivity contribution in [2.45, 2.75) is 202 Å². The number of ether oxygens (including phenoxy) is 1. The summed E-state index contributed by atoms with van der Waals surface area (Å²) < 4.78 is 6.31. The predicted octanol–water partition coefficient (Wildman–Crippen LogP) is 14.4. The van der Waals surface area contributed by atoms with Gasteiger partial charge in [0.2, 0.25) is 0 Å². The van der Waals surface area contributed by atoms with E-state index in [-0.39, 0.29) is 12.1 Å². The molecule has 0 radical (unpaired) electrons. The Labute approximate surface area is 310 Å². The third-order valence-corrected chi connectivity index (χ3v) is 16.9. The zero-order chi connectivity index (χ0) is 36.0. The SMILES string of the molecule is C=C(C)C(C)CCC(C)C1CCC2(C)C3CCC4C(C)C(OC(=O)CCCCCCCC=CCC=CCCCCC)CCC45CC35CCC12C. The van der Waals surface area contributed by atoms with Crippen LogP contribution in [-0.2, 0) is 9.53 Å². The minimum atomic E-state index is 0.0763. The predicted molar refractivity (Wildman–Crippen MR) is 214 cm³/mol. The largest absolute Gasteiger partial charge is 0.462 e. The quantitative estimate of drug-likeness (QED) is 0.0723. The third-order valence-electron chi connectivity index (χ3n) is 16.9. The number of fused-ring (bicyclic) bond motifs is 2. The number of hydrogen-bond acceptors (Lipinski definition) is 2. The number of hydrogen-bond donors (Lipinski definition) is 0. The van der Waals surface area contributed by atoms with Crippen LogP contribution in [0.1, 0.15) is 196 Å². The summed E-state index contributed by atoms with van der Waals surface area (Å²) in [5.41, 5.74) is 3.47. The lowest BCUT2D eigenvalue weighted by molar-refractivity contribution is -0.167. The lowest BCUT2D eigenvalue weighted by Gasteiger charge is -2.62. The summed E-state index contributed by atoms with van der Waals surface area (Å²) in [6.45, 7) is 21.6. The molecule has 2 heteroatoms. The van der Waals surface area contributed by atoms with Gasteiger partial charge in [0.15, 0.2) is 0 Å². The van der Waals surface area contributed by atoms with Gasteiger partial charge in [0, 0.05) is 6.42 Å². The second-order valence-corrected chi connectivity index (χ2v) is 19.4. The zero-order valence-electron chi connectivity index (χ0n) is 34.1. The first-order valence-electron chi connectivity index (χ1n) is 22.1. The van der Waals surface area contributed by atoms with E-state index in [2.05, 4.69) is 79.3 Å². The lowest BCUT2D eigenvalue weighted by atomic mass is 9.43. The van der Waals surface area contributed by atoms with Crippen LogP contribution in [0.4, 0.5) is 0 Å². The molecule has 0 amide bonds. The molecule has 11 unspecified atom stereocenters. The monoisotopic (exact) mass is 689 g/mol. The molecule has 11 atom stereocenters. The van der Waals surface area contributed by atoms with Gasteiger partial charge in [-0.05, 0) is 173 Å². The van der Waals surface area contributed by atoms with Gasteiger partial charge in [0.25, 0.3) is 0 Å². The van der Waals surface area contributed by atoms with E-state index in [0.717, 1.165) is 49.4 Å². The molecule has 0 aliphatic heterocycles. The Morgan fingerprint density at radius 2 is 1.50 bits per heavy atom. The van der Waals surface area contributed by atoms with Crippen molar-refractivity contribution >= 4 is 5.97 Å². The van der Waals surface area contributed by atoms with Gasteiger partial charge in [-0.1, -0.05) is 110 Å². The topological polar surface area (TPSA) is 26.3 Å². The van der Waals surface area contributed by atoms with E-state index < -0.39 is 0 Å². The van der Waals surface area contributed by atoms with Gasteiger partial charge >= 0.3 is 5.97 Å². The van der Waals surface area contributed by atoms with Crippen LogP contribution in [-0.4, -0.2) is 12.1 Å². The Morgan fingerprint density at radius 1 is 0.800 bits per heavy atom. The maximum absolute atomic E-state index is 13.0. The van der Waals surface area contributed by atoms with Crippen LogP contribution >= 0.6 is 0 Å². The molecule has 5 fully saturated rings. The van der Waals surface area contributed by atoms with E-state index in [1.165, 1.54) is 121 Å². The van der Waals surface area contributed by atoms with Gasteiger partial charge < -0.3 is 4.74 Å². The fraction of sp³-hybridized carbons (Fsp3) is 0.854. The maximum atomic E-state index is 13.0. The summed E-state index contributed by atoms with van der Waals surface area (Å²) in [4.78, 5) is 13.0. The Balaban J connectivity index is 1.02. The average Bonchev–Trinajstić information content (AvgIpc) is 3.67. The van der Waals surface area contributed by atoms with Gasteiger partial charge in [-0.25, -0.2) is 0 Å².